The highest BCUT2D eigenvalue weighted by molar-refractivity contribution is 7.89. The number of nitrogens with zero attached hydrogens (tertiary/aromatic N) is 1. The molecule has 0 aromatic heterocycles. The molecule has 1 saturated heterocycles. The zero-order chi connectivity index (χ0) is 24.3. The van der Waals surface area contributed by atoms with Gasteiger partial charge in [0.05, 0.1) is 25.7 Å². The molecule has 176 valence electrons. The van der Waals surface area contributed by atoms with Crippen molar-refractivity contribution < 1.29 is 37.4 Å². The van der Waals surface area contributed by atoms with Gasteiger partial charge in [-0.15, -0.1) is 0 Å². The van der Waals surface area contributed by atoms with Crippen LogP contribution in [-0.4, -0.2) is 56.3 Å². The van der Waals surface area contributed by atoms with Gasteiger partial charge in [0.2, 0.25) is 5.91 Å². The molecule has 0 bridgehead atoms. The van der Waals surface area contributed by atoms with E-state index >= 15 is 0 Å². The van der Waals surface area contributed by atoms with E-state index in [9.17, 15) is 27.9 Å². The number of carbonyl (C=O) groups is 3. The predicted octanol–water partition coefficient (Wildman–Crippen LogP) is 2.58. The number of Topliss-reactive ketones (excluding diaryl/α,β-unsaturated/α-hetero) is 1. The van der Waals surface area contributed by atoms with Gasteiger partial charge in [0.25, 0.3) is 10.0 Å². The van der Waals surface area contributed by atoms with Crippen molar-refractivity contribution in [2.24, 2.45) is 5.92 Å². The molecule has 1 aliphatic rings. The van der Waals surface area contributed by atoms with Gasteiger partial charge in [0.1, 0.15) is 17.1 Å². The Morgan fingerprint density at radius 3 is 2.55 bits per heavy atom. The molecule has 2 aromatic rings. The van der Waals surface area contributed by atoms with Crippen molar-refractivity contribution in [1.82, 2.24) is 4.31 Å². The Labute approximate surface area is 195 Å². The fourth-order valence-electron chi connectivity index (χ4n) is 3.63. The quantitative estimate of drug-likeness (QED) is 0.606. The standard InChI is InChI=1S/C22H22ClNO8S/c1-31-20-8-4-15(23)10-14(20)9-13-3-5-16(25)12-24(21(13)27)33(29,30)17-6-7-18(19(26)11-17)22(28)32-2/h4,6-8,10-11,13,26H,3,5,9,12H2,1-2H3. The third kappa shape index (κ3) is 5.12. The minimum atomic E-state index is -4.49. The van der Waals surface area contributed by atoms with Crippen LogP contribution in [-0.2, 0) is 30.8 Å². The van der Waals surface area contributed by atoms with Crippen LogP contribution in [0.1, 0.15) is 28.8 Å². The van der Waals surface area contributed by atoms with Gasteiger partial charge in [-0.2, -0.15) is 0 Å². The molecule has 33 heavy (non-hydrogen) atoms. The topological polar surface area (TPSA) is 127 Å². The number of halogens is 1. The number of carbonyl (C=O) groups excluding carboxylic acids is 3. The Kier molecular flexibility index (Phi) is 7.28. The molecule has 1 heterocycles. The van der Waals surface area contributed by atoms with E-state index in [0.29, 0.717) is 20.6 Å². The maximum atomic E-state index is 13.3. The maximum Gasteiger partial charge on any atom is 0.341 e. The minimum Gasteiger partial charge on any atom is -0.507 e. The highest BCUT2D eigenvalue weighted by Crippen LogP contribution is 2.31. The lowest BCUT2D eigenvalue weighted by molar-refractivity contribution is -0.131. The summed E-state index contributed by atoms with van der Waals surface area (Å²) in [6.45, 7) is -0.621. The van der Waals surface area contributed by atoms with E-state index in [1.165, 1.54) is 7.11 Å². The summed E-state index contributed by atoms with van der Waals surface area (Å²) in [5.41, 5.74) is 0.371. The van der Waals surface area contributed by atoms with E-state index in [0.717, 1.165) is 25.3 Å². The summed E-state index contributed by atoms with van der Waals surface area (Å²) < 4.78 is 36.9. The number of esters is 1. The van der Waals surface area contributed by atoms with Crippen LogP contribution in [0.4, 0.5) is 0 Å². The number of rotatable bonds is 6. The zero-order valence-electron chi connectivity index (χ0n) is 17.9. The number of amides is 1. The third-order valence-corrected chi connectivity index (χ3v) is 7.33. The van der Waals surface area contributed by atoms with Crippen molar-refractivity contribution in [3.8, 4) is 11.5 Å². The Bertz CT molecular complexity index is 1210. The minimum absolute atomic E-state index is 0.0256. The number of phenols is 1. The molecular weight excluding hydrogens is 474 g/mol. The number of ether oxygens (including phenoxy) is 2. The van der Waals surface area contributed by atoms with Gasteiger partial charge in [-0.3, -0.25) is 9.59 Å². The van der Waals surface area contributed by atoms with E-state index < -0.39 is 50.8 Å². The summed E-state index contributed by atoms with van der Waals surface area (Å²) in [6, 6.07) is 7.89. The van der Waals surface area contributed by atoms with Crippen LogP contribution in [0.15, 0.2) is 41.3 Å². The largest absolute Gasteiger partial charge is 0.507 e. The third-order valence-electron chi connectivity index (χ3n) is 5.36. The average molecular weight is 496 g/mol. The average Bonchev–Trinajstić information content (AvgIpc) is 2.92. The Hall–Kier alpha value is -3.11. The van der Waals surface area contributed by atoms with Crippen LogP contribution in [0.25, 0.3) is 0 Å². The molecule has 2 aromatic carbocycles. The molecular formula is C22H22ClNO8S. The predicted molar refractivity (Wildman–Crippen MR) is 118 cm³/mol. The SMILES string of the molecule is COC(=O)c1ccc(S(=O)(=O)N2CC(=O)CCC(Cc3cc(Cl)ccc3OC)C2=O)cc1O. The summed E-state index contributed by atoms with van der Waals surface area (Å²) in [5, 5.41) is 10.5. The molecule has 1 aliphatic heterocycles. The molecule has 11 heteroatoms. The van der Waals surface area contributed by atoms with Crippen LogP contribution in [0.5, 0.6) is 11.5 Å². The maximum absolute atomic E-state index is 13.3. The smallest absolute Gasteiger partial charge is 0.341 e. The number of benzene rings is 2. The van der Waals surface area contributed by atoms with E-state index in [4.69, 9.17) is 16.3 Å². The molecule has 1 amide bonds. The molecule has 1 N–H and O–H groups in total. The normalized spacial score (nSPS) is 16.9. The monoisotopic (exact) mass is 495 g/mol. The van der Waals surface area contributed by atoms with E-state index in [1.807, 2.05) is 0 Å². The summed E-state index contributed by atoms with van der Waals surface area (Å²) in [7, 11) is -1.92. The lowest BCUT2D eigenvalue weighted by Crippen LogP contribution is -2.42. The zero-order valence-corrected chi connectivity index (χ0v) is 19.5. The molecule has 1 atom stereocenters. The van der Waals surface area contributed by atoms with Gasteiger partial charge in [0.15, 0.2) is 5.78 Å². The highest BCUT2D eigenvalue weighted by Gasteiger charge is 2.38. The van der Waals surface area contributed by atoms with E-state index in [2.05, 4.69) is 4.74 Å². The second-order valence-corrected chi connectivity index (χ2v) is 9.75. The lowest BCUT2D eigenvalue weighted by atomic mass is 9.93. The van der Waals surface area contributed by atoms with Crippen LogP contribution < -0.4 is 4.74 Å². The van der Waals surface area contributed by atoms with Gasteiger partial charge in [-0.05, 0) is 48.7 Å². The number of hydrogen-bond acceptors (Lipinski definition) is 8. The summed E-state index contributed by atoms with van der Waals surface area (Å²) in [4.78, 5) is 36.9. The van der Waals surface area contributed by atoms with Gasteiger partial charge in [-0.1, -0.05) is 11.6 Å². The fourth-order valence-corrected chi connectivity index (χ4v) is 5.28. The molecule has 1 unspecified atom stereocenters. The van der Waals surface area contributed by atoms with Crippen LogP contribution in [0.3, 0.4) is 0 Å². The first-order valence-electron chi connectivity index (χ1n) is 9.90. The van der Waals surface area contributed by atoms with Crippen molar-refractivity contribution in [2.45, 2.75) is 24.2 Å². The first kappa shape index (κ1) is 24.5. The first-order chi connectivity index (χ1) is 15.6. The van der Waals surface area contributed by atoms with Crippen molar-refractivity contribution >= 4 is 39.3 Å². The second kappa shape index (κ2) is 9.80. The summed E-state index contributed by atoms with van der Waals surface area (Å²) >= 11 is 6.07. The van der Waals surface area contributed by atoms with Crippen molar-refractivity contribution in [3.05, 3.63) is 52.5 Å². The van der Waals surface area contributed by atoms with Crippen LogP contribution >= 0.6 is 11.6 Å². The molecule has 0 radical (unpaired) electrons. The first-order valence-corrected chi connectivity index (χ1v) is 11.7. The Morgan fingerprint density at radius 1 is 1.18 bits per heavy atom. The number of phenolic OH excluding ortho intramolecular Hbond substituents is 1. The molecule has 0 spiro atoms. The van der Waals surface area contributed by atoms with Gasteiger partial charge >= 0.3 is 5.97 Å². The molecule has 0 saturated carbocycles. The highest BCUT2D eigenvalue weighted by atomic mass is 35.5. The number of aromatic hydroxyl groups is 1. The van der Waals surface area contributed by atoms with Gasteiger partial charge < -0.3 is 14.6 Å². The number of hydrogen-bond donors (Lipinski definition) is 1. The lowest BCUT2D eigenvalue weighted by Gasteiger charge is -2.24. The van der Waals surface area contributed by atoms with Crippen LogP contribution in [0.2, 0.25) is 5.02 Å². The number of sulfonamides is 1. The molecule has 9 nitrogen and oxygen atoms in total. The summed E-state index contributed by atoms with van der Waals surface area (Å²) in [6.07, 6.45) is 0.304. The molecule has 3 rings (SSSR count). The Morgan fingerprint density at radius 2 is 1.91 bits per heavy atom. The molecule has 0 aliphatic carbocycles. The van der Waals surface area contributed by atoms with E-state index in [-0.39, 0.29) is 24.8 Å². The van der Waals surface area contributed by atoms with Gasteiger partial charge in [-0.25, -0.2) is 17.5 Å². The van der Waals surface area contributed by atoms with Crippen LogP contribution in [0, 0.1) is 5.92 Å². The number of methoxy groups -OCH3 is 2. The summed E-state index contributed by atoms with van der Waals surface area (Å²) in [5.74, 6) is -2.98. The van der Waals surface area contributed by atoms with Crippen molar-refractivity contribution in [2.75, 3.05) is 20.8 Å². The van der Waals surface area contributed by atoms with Gasteiger partial charge in [0, 0.05) is 23.4 Å². The second-order valence-electron chi connectivity index (χ2n) is 7.46. The van der Waals surface area contributed by atoms with Crippen molar-refractivity contribution in [1.29, 1.82) is 0 Å². The fraction of sp³-hybridized carbons (Fsp3) is 0.318. The van der Waals surface area contributed by atoms with E-state index in [1.54, 1.807) is 18.2 Å². The van der Waals surface area contributed by atoms with Crippen molar-refractivity contribution in [3.63, 3.8) is 0 Å². The number of ketones is 1. The Balaban J connectivity index is 1.97. The molecule has 1 fully saturated rings.